The van der Waals surface area contributed by atoms with Crippen molar-refractivity contribution < 1.29 is 9.84 Å². The topological polar surface area (TPSA) is 45.6 Å². The van der Waals surface area contributed by atoms with Crippen LogP contribution in [0.1, 0.15) is 49.4 Å². The molecule has 2 heterocycles. The number of piperidine rings is 1. The molecule has 0 bridgehead atoms. The fourth-order valence-corrected chi connectivity index (χ4v) is 3.34. The van der Waals surface area contributed by atoms with E-state index in [0.29, 0.717) is 0 Å². The van der Waals surface area contributed by atoms with E-state index >= 15 is 0 Å². The number of rotatable bonds is 5. The average molecular weight is 292 g/mol. The molecule has 4 nitrogen and oxygen atoms in total. The molecule has 1 aliphatic rings. The number of hydrogen-bond acceptors (Lipinski definition) is 4. The Morgan fingerprint density at radius 1 is 1.43 bits per heavy atom. The van der Waals surface area contributed by atoms with Gasteiger partial charge in [-0.15, -0.1) is 0 Å². The lowest BCUT2D eigenvalue weighted by Gasteiger charge is -2.38. The molecule has 1 aliphatic heterocycles. The predicted octanol–water partition coefficient (Wildman–Crippen LogP) is 2.83. The SMILES string of the molecule is CCC(O)C1CCCCN1Cc1ncc(C)c(OC)c1C. The first-order valence-electron chi connectivity index (χ1n) is 7.99. The number of nitrogens with zero attached hydrogens (tertiary/aromatic N) is 2. The van der Waals surface area contributed by atoms with Gasteiger partial charge in [-0.1, -0.05) is 13.3 Å². The number of likely N-dealkylation sites (tertiary alicyclic amines) is 1. The monoisotopic (exact) mass is 292 g/mol. The molecule has 0 radical (unpaired) electrons. The Kier molecular flexibility index (Phi) is 5.59. The Morgan fingerprint density at radius 2 is 2.19 bits per heavy atom. The molecule has 1 aromatic heterocycles. The second-order valence-electron chi connectivity index (χ2n) is 6.06. The predicted molar refractivity (Wildman–Crippen MR) is 84.6 cm³/mol. The van der Waals surface area contributed by atoms with Gasteiger partial charge in [-0.2, -0.15) is 0 Å². The molecular weight excluding hydrogens is 264 g/mol. The van der Waals surface area contributed by atoms with Crippen LogP contribution >= 0.6 is 0 Å². The normalized spacial score (nSPS) is 21.3. The van der Waals surface area contributed by atoms with Crippen molar-refractivity contribution in [2.45, 2.75) is 65.1 Å². The van der Waals surface area contributed by atoms with Crippen LogP contribution in [0.2, 0.25) is 0 Å². The van der Waals surface area contributed by atoms with Crippen molar-refractivity contribution in [1.82, 2.24) is 9.88 Å². The van der Waals surface area contributed by atoms with Crippen LogP contribution in [0.15, 0.2) is 6.20 Å². The Morgan fingerprint density at radius 3 is 2.86 bits per heavy atom. The van der Waals surface area contributed by atoms with E-state index in [2.05, 4.69) is 23.7 Å². The van der Waals surface area contributed by atoms with E-state index in [0.717, 1.165) is 48.5 Å². The molecule has 0 aromatic carbocycles. The van der Waals surface area contributed by atoms with Gasteiger partial charge < -0.3 is 9.84 Å². The Bertz CT molecular complexity index is 476. The van der Waals surface area contributed by atoms with Crippen LogP contribution in [-0.4, -0.2) is 40.8 Å². The fourth-order valence-electron chi connectivity index (χ4n) is 3.34. The molecule has 1 N–H and O–H groups in total. The van der Waals surface area contributed by atoms with E-state index in [1.165, 1.54) is 12.8 Å². The molecule has 0 spiro atoms. The van der Waals surface area contributed by atoms with Crippen LogP contribution in [0.25, 0.3) is 0 Å². The average Bonchev–Trinajstić information content (AvgIpc) is 2.50. The van der Waals surface area contributed by atoms with Crippen molar-refractivity contribution in [3.63, 3.8) is 0 Å². The highest BCUT2D eigenvalue weighted by molar-refractivity contribution is 5.41. The minimum atomic E-state index is -0.238. The maximum Gasteiger partial charge on any atom is 0.128 e. The molecule has 118 valence electrons. The summed E-state index contributed by atoms with van der Waals surface area (Å²) in [5.74, 6) is 0.935. The van der Waals surface area contributed by atoms with Gasteiger partial charge in [0.1, 0.15) is 5.75 Å². The zero-order valence-electron chi connectivity index (χ0n) is 13.7. The van der Waals surface area contributed by atoms with Gasteiger partial charge in [-0.25, -0.2) is 0 Å². The highest BCUT2D eigenvalue weighted by Gasteiger charge is 2.28. The Labute approximate surface area is 128 Å². The summed E-state index contributed by atoms with van der Waals surface area (Å²) in [4.78, 5) is 6.99. The molecule has 0 aliphatic carbocycles. The zero-order chi connectivity index (χ0) is 15.4. The van der Waals surface area contributed by atoms with Crippen molar-refractivity contribution in [2.75, 3.05) is 13.7 Å². The molecule has 0 saturated carbocycles. The van der Waals surface area contributed by atoms with E-state index in [1.807, 2.05) is 13.1 Å². The molecule has 2 rings (SSSR count). The first kappa shape index (κ1) is 16.2. The third-order valence-corrected chi connectivity index (χ3v) is 4.63. The molecular formula is C17H28N2O2. The van der Waals surface area contributed by atoms with E-state index in [1.54, 1.807) is 7.11 Å². The highest BCUT2D eigenvalue weighted by atomic mass is 16.5. The molecule has 1 saturated heterocycles. The number of aliphatic hydroxyl groups is 1. The van der Waals surface area contributed by atoms with Gasteiger partial charge in [-0.3, -0.25) is 9.88 Å². The fraction of sp³-hybridized carbons (Fsp3) is 0.706. The number of aryl methyl sites for hydroxylation is 1. The summed E-state index contributed by atoms with van der Waals surface area (Å²) in [6.07, 6.45) is 5.95. The van der Waals surface area contributed by atoms with Gasteiger partial charge in [0.05, 0.1) is 18.9 Å². The number of aliphatic hydroxyl groups excluding tert-OH is 1. The van der Waals surface area contributed by atoms with Crippen LogP contribution in [0.5, 0.6) is 5.75 Å². The Hall–Kier alpha value is -1.13. The van der Waals surface area contributed by atoms with Crippen LogP contribution in [0.4, 0.5) is 0 Å². The molecule has 2 atom stereocenters. The van der Waals surface area contributed by atoms with Crippen molar-refractivity contribution in [3.8, 4) is 5.75 Å². The minimum Gasteiger partial charge on any atom is -0.496 e. The minimum absolute atomic E-state index is 0.238. The number of hydrogen-bond donors (Lipinski definition) is 1. The van der Waals surface area contributed by atoms with Gasteiger partial charge in [0.2, 0.25) is 0 Å². The van der Waals surface area contributed by atoms with Gasteiger partial charge in [0, 0.05) is 29.9 Å². The van der Waals surface area contributed by atoms with E-state index in [9.17, 15) is 5.11 Å². The quantitative estimate of drug-likeness (QED) is 0.906. The summed E-state index contributed by atoms with van der Waals surface area (Å²) < 4.78 is 5.49. The molecule has 1 fully saturated rings. The first-order valence-corrected chi connectivity index (χ1v) is 7.99. The summed E-state index contributed by atoms with van der Waals surface area (Å²) in [6.45, 7) is 7.98. The number of ether oxygens (including phenoxy) is 1. The summed E-state index contributed by atoms with van der Waals surface area (Å²) >= 11 is 0. The molecule has 4 heteroatoms. The number of methoxy groups -OCH3 is 1. The zero-order valence-corrected chi connectivity index (χ0v) is 13.7. The third kappa shape index (κ3) is 3.55. The summed E-state index contributed by atoms with van der Waals surface area (Å²) in [5, 5.41) is 10.3. The van der Waals surface area contributed by atoms with Gasteiger partial charge >= 0.3 is 0 Å². The smallest absolute Gasteiger partial charge is 0.128 e. The van der Waals surface area contributed by atoms with E-state index < -0.39 is 0 Å². The third-order valence-electron chi connectivity index (χ3n) is 4.63. The lowest BCUT2D eigenvalue weighted by molar-refractivity contribution is 0.0188. The molecule has 21 heavy (non-hydrogen) atoms. The highest BCUT2D eigenvalue weighted by Crippen LogP contribution is 2.28. The standard InChI is InChI=1S/C17H28N2O2/c1-5-16(20)15-8-6-7-9-19(15)11-14-13(3)17(21-4)12(2)10-18-14/h10,15-16,20H,5-9,11H2,1-4H3. The number of aromatic nitrogens is 1. The molecule has 0 amide bonds. The van der Waals surface area contributed by atoms with Crippen LogP contribution in [0.3, 0.4) is 0 Å². The van der Waals surface area contributed by atoms with E-state index in [-0.39, 0.29) is 12.1 Å². The first-order chi connectivity index (χ1) is 10.1. The lowest BCUT2D eigenvalue weighted by Crippen LogP contribution is -2.46. The maximum absolute atomic E-state index is 10.3. The largest absolute Gasteiger partial charge is 0.496 e. The van der Waals surface area contributed by atoms with Gasteiger partial charge in [0.15, 0.2) is 0 Å². The van der Waals surface area contributed by atoms with Crippen LogP contribution < -0.4 is 4.74 Å². The summed E-state index contributed by atoms with van der Waals surface area (Å²) in [7, 11) is 1.71. The van der Waals surface area contributed by atoms with Crippen molar-refractivity contribution >= 4 is 0 Å². The summed E-state index contributed by atoms with van der Waals surface area (Å²) in [5.41, 5.74) is 3.25. The van der Waals surface area contributed by atoms with Crippen LogP contribution in [0, 0.1) is 13.8 Å². The Balaban J connectivity index is 2.19. The summed E-state index contributed by atoms with van der Waals surface area (Å²) in [6, 6.07) is 0.261. The number of pyridine rings is 1. The van der Waals surface area contributed by atoms with Crippen LogP contribution in [-0.2, 0) is 6.54 Å². The van der Waals surface area contributed by atoms with Gasteiger partial charge in [-0.05, 0) is 39.7 Å². The van der Waals surface area contributed by atoms with Crippen molar-refractivity contribution in [3.05, 3.63) is 23.0 Å². The van der Waals surface area contributed by atoms with Crippen molar-refractivity contribution in [1.29, 1.82) is 0 Å². The molecule has 1 aromatic rings. The molecule has 2 unspecified atom stereocenters. The van der Waals surface area contributed by atoms with E-state index in [4.69, 9.17) is 4.74 Å². The van der Waals surface area contributed by atoms with Crippen molar-refractivity contribution in [2.24, 2.45) is 0 Å². The van der Waals surface area contributed by atoms with Gasteiger partial charge in [0.25, 0.3) is 0 Å². The lowest BCUT2D eigenvalue weighted by atomic mass is 9.95. The second kappa shape index (κ2) is 7.23. The maximum atomic E-state index is 10.3. The second-order valence-corrected chi connectivity index (χ2v) is 6.06.